The average Bonchev–Trinajstić information content (AvgIpc) is 1.59. The molecule has 60 valence electrons. The first-order valence-corrected chi connectivity index (χ1v) is 4.40. The molecular formula is C2H3NaO6S2. The van der Waals surface area contributed by atoms with Crippen molar-refractivity contribution in [1.29, 1.82) is 0 Å². The maximum absolute atomic E-state index is 9.65. The van der Waals surface area contributed by atoms with Crippen molar-refractivity contribution in [2.45, 2.75) is 0 Å². The fourth-order valence-electron chi connectivity index (χ4n) is 0.167. The Labute approximate surface area is 87.3 Å². The average molecular weight is 210 g/mol. The van der Waals surface area contributed by atoms with Crippen LogP contribution < -0.4 is 29.6 Å². The zero-order valence-corrected chi connectivity index (χ0v) is 9.18. The number of hydrogen-bond donors (Lipinski definition) is 0. The van der Waals surface area contributed by atoms with E-state index >= 15 is 0 Å². The topological polar surface area (TPSA) is 101 Å². The molecule has 0 heterocycles. The standard InChI is InChI=1S/C2H4O6S2.Na/c3-9(4)2-1-8-10(5,6)7;/h2H,1H2,(H,5,6,7);/q;+1/p-1. The van der Waals surface area contributed by atoms with Gasteiger partial charge in [0.25, 0.3) is 0 Å². The van der Waals surface area contributed by atoms with Crippen LogP contribution in [-0.2, 0) is 24.9 Å². The van der Waals surface area contributed by atoms with Gasteiger partial charge in [-0.15, -0.1) is 0 Å². The van der Waals surface area contributed by atoms with E-state index in [9.17, 15) is 21.4 Å². The number of hydrogen-bond acceptors (Lipinski definition) is 6. The molecule has 6 nitrogen and oxygen atoms in total. The molecule has 0 atom stereocenters. The van der Waals surface area contributed by atoms with E-state index in [-0.39, 0.29) is 29.6 Å². The predicted octanol–water partition coefficient (Wildman–Crippen LogP) is -4.85. The van der Waals surface area contributed by atoms with Gasteiger partial charge in [0.2, 0.25) is 20.7 Å². The summed E-state index contributed by atoms with van der Waals surface area (Å²) in [6.07, 6.45) is 0. The summed E-state index contributed by atoms with van der Waals surface area (Å²) in [6, 6.07) is 0. The first kappa shape index (κ1) is 14.1. The zero-order valence-electron chi connectivity index (χ0n) is 5.55. The third-order valence-corrected chi connectivity index (χ3v) is 1.25. The van der Waals surface area contributed by atoms with Crippen LogP contribution >= 0.6 is 0 Å². The molecule has 0 aliphatic heterocycles. The van der Waals surface area contributed by atoms with E-state index in [4.69, 9.17) is 0 Å². The third-order valence-electron chi connectivity index (χ3n) is 0.417. The zero-order chi connectivity index (χ0) is 8.20. The van der Waals surface area contributed by atoms with Gasteiger partial charge in [-0.1, -0.05) is 0 Å². The van der Waals surface area contributed by atoms with E-state index in [0.29, 0.717) is 5.37 Å². The number of rotatable bonds is 3. The van der Waals surface area contributed by atoms with E-state index in [1.807, 2.05) is 0 Å². The Bertz CT molecular complexity index is 302. The normalized spacial score (nSPS) is 9.91. The Morgan fingerprint density at radius 1 is 1.45 bits per heavy atom. The summed E-state index contributed by atoms with van der Waals surface area (Å²) in [5.41, 5.74) is 0. The van der Waals surface area contributed by atoms with Gasteiger partial charge in [0.15, 0.2) is 0 Å². The first-order chi connectivity index (χ1) is 4.42. The summed E-state index contributed by atoms with van der Waals surface area (Å²) in [5, 5.41) is 0.509. The fraction of sp³-hybridized carbons (Fsp3) is 0.500. The van der Waals surface area contributed by atoms with Gasteiger partial charge in [-0.3, -0.25) is 4.18 Å². The predicted molar refractivity (Wildman–Crippen MR) is 30.6 cm³/mol. The Morgan fingerprint density at radius 3 is 2.18 bits per heavy atom. The van der Waals surface area contributed by atoms with E-state index in [0.717, 1.165) is 0 Å². The van der Waals surface area contributed by atoms with Crippen molar-refractivity contribution in [3.63, 3.8) is 0 Å². The first-order valence-electron chi connectivity index (χ1n) is 1.93. The van der Waals surface area contributed by atoms with Crippen molar-refractivity contribution in [2.75, 3.05) is 6.61 Å². The molecule has 0 saturated carbocycles. The molecule has 0 aliphatic carbocycles. The summed E-state index contributed by atoms with van der Waals surface area (Å²) < 4.78 is 51.7. The largest absolute Gasteiger partial charge is 1.00 e. The monoisotopic (exact) mass is 210 g/mol. The minimum Gasteiger partial charge on any atom is -0.726 e. The molecule has 0 bridgehead atoms. The molecular weight excluding hydrogens is 207 g/mol. The molecule has 0 rings (SSSR count). The molecule has 0 N–H and O–H groups in total. The minimum atomic E-state index is -4.77. The van der Waals surface area contributed by atoms with Crippen LogP contribution in [0.15, 0.2) is 0 Å². The summed E-state index contributed by atoms with van der Waals surface area (Å²) in [4.78, 5) is 0. The molecule has 0 spiro atoms. The van der Waals surface area contributed by atoms with Crippen LogP contribution in [-0.4, -0.2) is 33.4 Å². The van der Waals surface area contributed by atoms with Crippen LogP contribution in [0.3, 0.4) is 0 Å². The molecule has 0 unspecified atom stereocenters. The third kappa shape index (κ3) is 13.5. The summed E-state index contributed by atoms with van der Waals surface area (Å²) >= 11 is 0. The van der Waals surface area contributed by atoms with Crippen LogP contribution in [0, 0.1) is 0 Å². The Morgan fingerprint density at radius 2 is 1.91 bits per heavy atom. The van der Waals surface area contributed by atoms with Crippen molar-refractivity contribution in [1.82, 2.24) is 0 Å². The second-order valence-electron chi connectivity index (χ2n) is 1.12. The maximum Gasteiger partial charge on any atom is 1.00 e. The SMILES string of the molecule is O=S(=O)=CCOS(=O)(=O)[O-].[Na+]. The Kier molecular flexibility index (Phi) is 7.84. The smallest absolute Gasteiger partial charge is 0.726 e. The Balaban J connectivity index is 0. The van der Waals surface area contributed by atoms with Crippen molar-refractivity contribution in [3.8, 4) is 0 Å². The van der Waals surface area contributed by atoms with Crippen molar-refractivity contribution < 1.29 is 55.1 Å². The van der Waals surface area contributed by atoms with Crippen LogP contribution in [0.4, 0.5) is 0 Å². The maximum atomic E-state index is 9.65. The molecule has 0 radical (unpaired) electrons. The second kappa shape index (κ2) is 6.12. The van der Waals surface area contributed by atoms with Crippen molar-refractivity contribution in [3.05, 3.63) is 0 Å². The molecule has 9 heteroatoms. The molecule has 0 aliphatic rings. The molecule has 11 heavy (non-hydrogen) atoms. The Hall–Kier alpha value is 0.560. The van der Waals surface area contributed by atoms with Crippen LogP contribution in [0.1, 0.15) is 0 Å². The molecule has 0 saturated heterocycles. The van der Waals surface area contributed by atoms with E-state index in [2.05, 4.69) is 4.18 Å². The van der Waals surface area contributed by atoms with Gasteiger partial charge in [0.05, 0.1) is 12.0 Å². The van der Waals surface area contributed by atoms with Gasteiger partial charge in [-0.25, -0.2) is 8.42 Å². The van der Waals surface area contributed by atoms with Crippen LogP contribution in [0.25, 0.3) is 0 Å². The van der Waals surface area contributed by atoms with Gasteiger partial charge in [-0.2, -0.15) is 8.42 Å². The van der Waals surface area contributed by atoms with Gasteiger partial charge >= 0.3 is 29.6 Å². The van der Waals surface area contributed by atoms with E-state index < -0.39 is 27.3 Å². The molecule has 0 aromatic heterocycles. The summed E-state index contributed by atoms with van der Waals surface area (Å²) in [6.45, 7) is -0.748. The van der Waals surface area contributed by atoms with Gasteiger partial charge in [0.1, 0.15) is 0 Å². The molecule has 0 fully saturated rings. The van der Waals surface area contributed by atoms with Gasteiger partial charge in [0, 0.05) is 0 Å². The van der Waals surface area contributed by atoms with Crippen molar-refractivity contribution in [2.24, 2.45) is 0 Å². The fourth-order valence-corrected chi connectivity index (χ4v) is 0.667. The quantitative estimate of drug-likeness (QED) is 0.200. The van der Waals surface area contributed by atoms with E-state index in [1.54, 1.807) is 0 Å². The van der Waals surface area contributed by atoms with Gasteiger partial charge in [-0.05, 0) is 0 Å². The van der Waals surface area contributed by atoms with Crippen molar-refractivity contribution >= 4 is 26.1 Å². The molecule has 0 aromatic rings. The molecule has 0 aromatic carbocycles. The molecule has 0 amide bonds. The summed E-state index contributed by atoms with van der Waals surface area (Å²) in [5.74, 6) is 0. The van der Waals surface area contributed by atoms with Crippen LogP contribution in [0.2, 0.25) is 0 Å². The van der Waals surface area contributed by atoms with Gasteiger partial charge < -0.3 is 4.55 Å². The summed E-state index contributed by atoms with van der Waals surface area (Å²) in [7, 11) is -7.28. The van der Waals surface area contributed by atoms with E-state index in [1.165, 1.54) is 0 Å². The van der Waals surface area contributed by atoms with Crippen LogP contribution in [0.5, 0.6) is 0 Å². The minimum absolute atomic E-state index is 0. The second-order valence-corrected chi connectivity index (χ2v) is 3.03.